The monoisotopic (exact) mass is 257 g/mol. The number of phenolic OH excluding ortho intramolecular Hbond substituents is 1. The summed E-state index contributed by atoms with van der Waals surface area (Å²) in [5.74, 6) is -0.264. The molecule has 3 N–H and O–H groups in total. The molecule has 0 heterocycles. The minimum Gasteiger partial charge on any atom is -0.508 e. The quantitative estimate of drug-likeness (QED) is 0.883. The van der Waals surface area contributed by atoms with E-state index in [-0.39, 0.29) is 17.1 Å². The van der Waals surface area contributed by atoms with E-state index in [2.05, 4.69) is 0 Å². The highest BCUT2D eigenvalue weighted by molar-refractivity contribution is 5.95. The van der Waals surface area contributed by atoms with Crippen molar-refractivity contribution in [2.24, 2.45) is 5.73 Å². The maximum Gasteiger partial charge on any atom is 0.252 e. The van der Waals surface area contributed by atoms with Crippen LogP contribution in [0.2, 0.25) is 0 Å². The number of phenols is 1. The Kier molecular flexibility index (Phi) is 3.71. The van der Waals surface area contributed by atoms with E-state index >= 15 is 0 Å². The second kappa shape index (κ2) is 5.44. The molecule has 19 heavy (non-hydrogen) atoms. The van der Waals surface area contributed by atoms with Crippen LogP contribution in [0.4, 0.5) is 0 Å². The third-order valence-electron chi connectivity index (χ3n) is 2.88. The van der Waals surface area contributed by atoms with Crippen molar-refractivity contribution in [3.05, 3.63) is 59.2 Å². The smallest absolute Gasteiger partial charge is 0.252 e. The van der Waals surface area contributed by atoms with Gasteiger partial charge in [0.15, 0.2) is 0 Å². The first-order valence-electron chi connectivity index (χ1n) is 5.88. The van der Waals surface area contributed by atoms with Crippen molar-refractivity contribution in [1.82, 2.24) is 0 Å². The molecule has 0 saturated carbocycles. The molecule has 4 nitrogen and oxygen atoms in total. The molecule has 0 atom stereocenters. The van der Waals surface area contributed by atoms with Gasteiger partial charge in [0.1, 0.15) is 18.1 Å². The Hall–Kier alpha value is -2.49. The van der Waals surface area contributed by atoms with Gasteiger partial charge in [-0.05, 0) is 30.2 Å². The molecule has 2 aromatic rings. The van der Waals surface area contributed by atoms with Crippen LogP contribution in [0.5, 0.6) is 11.5 Å². The predicted molar refractivity (Wildman–Crippen MR) is 72.1 cm³/mol. The first kappa shape index (κ1) is 13.0. The van der Waals surface area contributed by atoms with Gasteiger partial charge in [0.2, 0.25) is 0 Å². The molecule has 0 aliphatic carbocycles. The fourth-order valence-corrected chi connectivity index (χ4v) is 1.76. The zero-order valence-electron chi connectivity index (χ0n) is 10.6. The molecule has 1 amide bonds. The third-order valence-corrected chi connectivity index (χ3v) is 2.88. The van der Waals surface area contributed by atoms with Crippen LogP contribution in [0.1, 0.15) is 21.5 Å². The molecule has 0 aliphatic rings. The summed E-state index contributed by atoms with van der Waals surface area (Å²) in [7, 11) is 0. The Labute approximate surface area is 111 Å². The number of amides is 1. The third kappa shape index (κ3) is 3.04. The lowest BCUT2D eigenvalue weighted by atomic mass is 10.1. The molecule has 0 aliphatic heterocycles. The molecular weight excluding hydrogens is 242 g/mol. The number of benzene rings is 2. The van der Waals surface area contributed by atoms with E-state index < -0.39 is 5.91 Å². The Morgan fingerprint density at radius 2 is 2.00 bits per heavy atom. The highest BCUT2D eigenvalue weighted by Crippen LogP contribution is 2.25. The summed E-state index contributed by atoms with van der Waals surface area (Å²) in [6.07, 6.45) is 0. The molecule has 2 rings (SSSR count). The summed E-state index contributed by atoms with van der Waals surface area (Å²) in [4.78, 5) is 11.3. The Morgan fingerprint density at radius 1 is 1.26 bits per heavy atom. The van der Waals surface area contributed by atoms with E-state index in [1.54, 1.807) is 0 Å². The molecular formula is C15H15NO3. The Balaban J connectivity index is 2.22. The second-order valence-corrected chi connectivity index (χ2v) is 4.26. The molecule has 0 spiro atoms. The standard InChI is InChI=1S/C15H15NO3/c1-10-4-2-3-5-11(10)9-19-14-8-12(17)6-7-13(14)15(16)18/h2-8,17H,9H2,1H3,(H2,16,18). The van der Waals surface area contributed by atoms with Crippen LogP contribution in [-0.4, -0.2) is 11.0 Å². The number of rotatable bonds is 4. The molecule has 0 radical (unpaired) electrons. The lowest BCUT2D eigenvalue weighted by molar-refractivity contribution is 0.0996. The zero-order valence-corrected chi connectivity index (χ0v) is 10.6. The summed E-state index contributed by atoms with van der Waals surface area (Å²) in [6, 6.07) is 12.0. The number of aryl methyl sites for hydroxylation is 1. The molecule has 4 heteroatoms. The highest BCUT2D eigenvalue weighted by atomic mass is 16.5. The Morgan fingerprint density at radius 3 is 2.68 bits per heavy atom. The van der Waals surface area contributed by atoms with E-state index in [1.807, 2.05) is 31.2 Å². The molecule has 0 saturated heterocycles. The SMILES string of the molecule is Cc1ccccc1COc1cc(O)ccc1C(N)=O. The van der Waals surface area contributed by atoms with Crippen molar-refractivity contribution in [1.29, 1.82) is 0 Å². The lowest BCUT2D eigenvalue weighted by Gasteiger charge is -2.11. The van der Waals surface area contributed by atoms with Crippen molar-refractivity contribution >= 4 is 5.91 Å². The highest BCUT2D eigenvalue weighted by Gasteiger charge is 2.10. The Bertz CT molecular complexity index is 608. The van der Waals surface area contributed by atoms with Crippen LogP contribution in [-0.2, 0) is 6.61 Å². The van der Waals surface area contributed by atoms with Crippen molar-refractivity contribution in [2.75, 3.05) is 0 Å². The molecule has 2 aromatic carbocycles. The van der Waals surface area contributed by atoms with Gasteiger partial charge in [0.05, 0.1) is 5.56 Å². The molecule has 0 fully saturated rings. The number of carbonyl (C=O) groups is 1. The summed E-state index contributed by atoms with van der Waals surface area (Å²) < 4.78 is 5.59. The molecule has 0 aromatic heterocycles. The maximum absolute atomic E-state index is 11.3. The van der Waals surface area contributed by atoms with Crippen molar-refractivity contribution in [2.45, 2.75) is 13.5 Å². The van der Waals surface area contributed by atoms with Gasteiger partial charge in [-0.2, -0.15) is 0 Å². The topological polar surface area (TPSA) is 72.6 Å². The van der Waals surface area contributed by atoms with Gasteiger partial charge in [0, 0.05) is 6.07 Å². The first-order chi connectivity index (χ1) is 9.08. The average Bonchev–Trinajstić information content (AvgIpc) is 2.37. The van der Waals surface area contributed by atoms with Gasteiger partial charge < -0.3 is 15.6 Å². The molecule has 98 valence electrons. The maximum atomic E-state index is 11.3. The summed E-state index contributed by atoms with van der Waals surface area (Å²) in [5.41, 5.74) is 7.63. The van der Waals surface area contributed by atoms with Crippen LogP contribution >= 0.6 is 0 Å². The van der Waals surface area contributed by atoms with Crippen molar-refractivity contribution < 1.29 is 14.6 Å². The van der Waals surface area contributed by atoms with Gasteiger partial charge in [-0.25, -0.2) is 0 Å². The van der Waals surface area contributed by atoms with Crippen LogP contribution in [0.25, 0.3) is 0 Å². The predicted octanol–water partition coefficient (Wildman–Crippen LogP) is 2.38. The van der Waals surface area contributed by atoms with Gasteiger partial charge in [-0.3, -0.25) is 4.79 Å². The summed E-state index contributed by atoms with van der Waals surface area (Å²) in [6.45, 7) is 2.30. The van der Waals surface area contributed by atoms with Crippen LogP contribution in [0, 0.1) is 6.92 Å². The van der Waals surface area contributed by atoms with E-state index in [0.717, 1.165) is 11.1 Å². The van der Waals surface area contributed by atoms with Gasteiger partial charge in [0.25, 0.3) is 5.91 Å². The fraction of sp³-hybridized carbons (Fsp3) is 0.133. The normalized spacial score (nSPS) is 10.2. The minimum absolute atomic E-state index is 0.0322. The van der Waals surface area contributed by atoms with Crippen LogP contribution < -0.4 is 10.5 Å². The van der Waals surface area contributed by atoms with E-state index in [0.29, 0.717) is 6.61 Å². The number of aromatic hydroxyl groups is 1. The van der Waals surface area contributed by atoms with Crippen LogP contribution in [0.15, 0.2) is 42.5 Å². The average molecular weight is 257 g/mol. The zero-order chi connectivity index (χ0) is 13.8. The molecule has 0 unspecified atom stereocenters. The van der Waals surface area contributed by atoms with Crippen molar-refractivity contribution in [3.8, 4) is 11.5 Å². The number of hydrogen-bond acceptors (Lipinski definition) is 3. The molecule has 0 bridgehead atoms. The summed E-state index contributed by atoms with van der Waals surface area (Å²) >= 11 is 0. The first-order valence-corrected chi connectivity index (χ1v) is 5.88. The number of carbonyl (C=O) groups excluding carboxylic acids is 1. The van der Waals surface area contributed by atoms with E-state index in [4.69, 9.17) is 10.5 Å². The second-order valence-electron chi connectivity index (χ2n) is 4.26. The lowest BCUT2D eigenvalue weighted by Crippen LogP contribution is -2.13. The van der Waals surface area contributed by atoms with Gasteiger partial charge in [-0.1, -0.05) is 24.3 Å². The van der Waals surface area contributed by atoms with E-state index in [9.17, 15) is 9.90 Å². The number of primary amides is 1. The summed E-state index contributed by atoms with van der Waals surface area (Å²) in [5, 5.41) is 9.44. The number of ether oxygens (including phenoxy) is 1. The minimum atomic E-state index is -0.584. The largest absolute Gasteiger partial charge is 0.508 e. The van der Waals surface area contributed by atoms with Gasteiger partial charge >= 0.3 is 0 Å². The van der Waals surface area contributed by atoms with Gasteiger partial charge in [-0.15, -0.1) is 0 Å². The van der Waals surface area contributed by atoms with Crippen LogP contribution in [0.3, 0.4) is 0 Å². The van der Waals surface area contributed by atoms with E-state index in [1.165, 1.54) is 18.2 Å². The fourth-order valence-electron chi connectivity index (χ4n) is 1.76. The number of hydrogen-bond donors (Lipinski definition) is 2. The van der Waals surface area contributed by atoms with Crippen molar-refractivity contribution in [3.63, 3.8) is 0 Å². The number of nitrogens with two attached hydrogens (primary N) is 1.